The molecular weight excluding hydrogens is 232 g/mol. The molecule has 0 aliphatic heterocycles. The van der Waals surface area contributed by atoms with Crippen molar-refractivity contribution in [1.29, 1.82) is 0 Å². The van der Waals surface area contributed by atoms with E-state index in [0.717, 1.165) is 12.0 Å². The predicted octanol–water partition coefficient (Wildman–Crippen LogP) is 4.31. The van der Waals surface area contributed by atoms with E-state index in [1.807, 2.05) is 66.7 Å². The molecule has 0 saturated carbocycles. The molecule has 0 aliphatic carbocycles. The van der Waals surface area contributed by atoms with Crippen molar-refractivity contribution in [1.82, 2.24) is 0 Å². The molecule has 0 atom stereocenters. The van der Waals surface area contributed by atoms with Gasteiger partial charge >= 0.3 is 0 Å². The SMILES string of the molecule is C=CCc1ccccc1C=CC(=O)c1ccccc1. The molecule has 19 heavy (non-hydrogen) atoms. The Kier molecular flexibility index (Phi) is 4.46. The molecule has 0 spiro atoms. The Morgan fingerprint density at radius 2 is 1.68 bits per heavy atom. The Morgan fingerprint density at radius 3 is 2.42 bits per heavy atom. The zero-order valence-corrected chi connectivity index (χ0v) is 10.8. The number of benzene rings is 2. The minimum absolute atomic E-state index is 0.0222. The van der Waals surface area contributed by atoms with Crippen molar-refractivity contribution in [3.05, 3.63) is 90.0 Å². The van der Waals surface area contributed by atoms with E-state index < -0.39 is 0 Å². The van der Waals surface area contributed by atoms with E-state index >= 15 is 0 Å². The van der Waals surface area contributed by atoms with Crippen LogP contribution in [0.5, 0.6) is 0 Å². The van der Waals surface area contributed by atoms with Crippen LogP contribution in [0, 0.1) is 0 Å². The second-order valence-corrected chi connectivity index (χ2v) is 4.26. The van der Waals surface area contributed by atoms with E-state index in [4.69, 9.17) is 0 Å². The zero-order valence-electron chi connectivity index (χ0n) is 10.8. The highest BCUT2D eigenvalue weighted by Gasteiger charge is 2.01. The van der Waals surface area contributed by atoms with Crippen LogP contribution in [0.25, 0.3) is 6.08 Å². The Labute approximate surface area is 113 Å². The number of hydrogen-bond donors (Lipinski definition) is 0. The normalized spacial score (nSPS) is 10.5. The van der Waals surface area contributed by atoms with Crippen molar-refractivity contribution in [3.8, 4) is 0 Å². The maximum Gasteiger partial charge on any atom is 0.185 e. The predicted molar refractivity (Wildman–Crippen MR) is 80.1 cm³/mol. The zero-order chi connectivity index (χ0) is 13.5. The van der Waals surface area contributed by atoms with Crippen LogP contribution < -0.4 is 0 Å². The van der Waals surface area contributed by atoms with Crippen LogP contribution in [-0.2, 0) is 6.42 Å². The standard InChI is InChI=1S/C18H16O/c1-2-8-15-9-6-7-10-16(15)13-14-18(19)17-11-4-3-5-12-17/h2-7,9-14H,1,8H2. The van der Waals surface area contributed by atoms with Crippen LogP contribution in [-0.4, -0.2) is 5.78 Å². The number of hydrogen-bond acceptors (Lipinski definition) is 1. The smallest absolute Gasteiger partial charge is 0.185 e. The number of rotatable bonds is 5. The highest BCUT2D eigenvalue weighted by Crippen LogP contribution is 2.12. The van der Waals surface area contributed by atoms with E-state index in [2.05, 4.69) is 6.58 Å². The Balaban J connectivity index is 2.19. The fraction of sp³-hybridized carbons (Fsp3) is 0.0556. The van der Waals surface area contributed by atoms with Crippen LogP contribution in [0.4, 0.5) is 0 Å². The van der Waals surface area contributed by atoms with Crippen molar-refractivity contribution in [2.24, 2.45) is 0 Å². The summed E-state index contributed by atoms with van der Waals surface area (Å²) in [7, 11) is 0. The highest BCUT2D eigenvalue weighted by atomic mass is 16.1. The average molecular weight is 248 g/mol. The van der Waals surface area contributed by atoms with Gasteiger partial charge in [0, 0.05) is 5.56 Å². The van der Waals surface area contributed by atoms with Crippen LogP contribution in [0.15, 0.2) is 73.3 Å². The number of carbonyl (C=O) groups is 1. The third-order valence-electron chi connectivity index (χ3n) is 2.89. The Hall–Kier alpha value is -2.41. The van der Waals surface area contributed by atoms with Crippen LogP contribution in [0.2, 0.25) is 0 Å². The summed E-state index contributed by atoms with van der Waals surface area (Å²) in [6.45, 7) is 3.75. The summed E-state index contributed by atoms with van der Waals surface area (Å²) in [4.78, 5) is 12.0. The van der Waals surface area contributed by atoms with E-state index in [-0.39, 0.29) is 5.78 Å². The molecule has 0 unspecified atom stereocenters. The molecule has 0 aliphatic rings. The van der Waals surface area contributed by atoms with Gasteiger partial charge in [-0.25, -0.2) is 0 Å². The van der Waals surface area contributed by atoms with Gasteiger partial charge in [0.1, 0.15) is 0 Å². The van der Waals surface area contributed by atoms with Gasteiger partial charge in [-0.3, -0.25) is 4.79 Å². The molecule has 1 heteroatoms. The minimum atomic E-state index is 0.0222. The molecule has 94 valence electrons. The molecule has 0 radical (unpaired) electrons. The molecule has 2 aromatic carbocycles. The maximum absolute atomic E-state index is 12.0. The van der Waals surface area contributed by atoms with Gasteiger partial charge < -0.3 is 0 Å². The topological polar surface area (TPSA) is 17.1 Å². The summed E-state index contributed by atoms with van der Waals surface area (Å²) in [5, 5.41) is 0. The summed E-state index contributed by atoms with van der Waals surface area (Å²) in [6, 6.07) is 17.3. The van der Waals surface area contributed by atoms with Crippen molar-refractivity contribution in [2.75, 3.05) is 0 Å². The monoisotopic (exact) mass is 248 g/mol. The molecule has 1 nitrogen and oxygen atoms in total. The molecule has 0 amide bonds. The molecule has 0 fully saturated rings. The van der Waals surface area contributed by atoms with E-state index in [0.29, 0.717) is 5.56 Å². The molecule has 0 aromatic heterocycles. The van der Waals surface area contributed by atoms with Gasteiger partial charge in [0.25, 0.3) is 0 Å². The Morgan fingerprint density at radius 1 is 1.00 bits per heavy atom. The first-order valence-electron chi connectivity index (χ1n) is 6.27. The van der Waals surface area contributed by atoms with Crippen LogP contribution in [0.3, 0.4) is 0 Å². The highest BCUT2D eigenvalue weighted by molar-refractivity contribution is 6.06. The lowest BCUT2D eigenvalue weighted by atomic mass is 10.0. The third kappa shape index (κ3) is 3.52. The second kappa shape index (κ2) is 6.50. The van der Waals surface area contributed by atoms with Crippen molar-refractivity contribution in [3.63, 3.8) is 0 Å². The molecule has 2 rings (SSSR count). The first kappa shape index (κ1) is 13.0. The summed E-state index contributed by atoms with van der Waals surface area (Å²) in [5.74, 6) is 0.0222. The fourth-order valence-electron chi connectivity index (χ4n) is 1.90. The number of allylic oxidation sites excluding steroid dienone is 2. The summed E-state index contributed by atoms with van der Waals surface area (Å²) in [5.41, 5.74) is 2.95. The Bertz CT molecular complexity index is 594. The molecular formula is C18H16O. The van der Waals surface area contributed by atoms with Crippen molar-refractivity contribution >= 4 is 11.9 Å². The van der Waals surface area contributed by atoms with E-state index in [1.165, 1.54) is 5.56 Å². The fourth-order valence-corrected chi connectivity index (χ4v) is 1.90. The van der Waals surface area contributed by atoms with Crippen LogP contribution in [0.1, 0.15) is 21.5 Å². The van der Waals surface area contributed by atoms with Crippen LogP contribution >= 0.6 is 0 Å². The lowest BCUT2D eigenvalue weighted by Gasteiger charge is -2.02. The number of carbonyl (C=O) groups excluding carboxylic acids is 1. The molecule has 0 heterocycles. The van der Waals surface area contributed by atoms with Crippen molar-refractivity contribution < 1.29 is 4.79 Å². The summed E-state index contributed by atoms with van der Waals surface area (Å²) in [6.07, 6.45) is 6.16. The number of ketones is 1. The van der Waals surface area contributed by atoms with Gasteiger partial charge in [0.05, 0.1) is 0 Å². The van der Waals surface area contributed by atoms with Gasteiger partial charge in [-0.1, -0.05) is 66.7 Å². The van der Waals surface area contributed by atoms with Gasteiger partial charge in [0.2, 0.25) is 0 Å². The average Bonchev–Trinajstić information content (AvgIpc) is 2.47. The van der Waals surface area contributed by atoms with Crippen molar-refractivity contribution in [2.45, 2.75) is 6.42 Å². The minimum Gasteiger partial charge on any atom is -0.289 e. The van der Waals surface area contributed by atoms with Gasteiger partial charge in [-0.2, -0.15) is 0 Å². The summed E-state index contributed by atoms with van der Waals surface area (Å²) < 4.78 is 0. The molecule has 0 saturated heterocycles. The summed E-state index contributed by atoms with van der Waals surface area (Å²) >= 11 is 0. The van der Waals surface area contributed by atoms with Gasteiger partial charge in [-0.15, -0.1) is 6.58 Å². The third-order valence-corrected chi connectivity index (χ3v) is 2.89. The van der Waals surface area contributed by atoms with Gasteiger partial charge in [-0.05, 0) is 23.6 Å². The second-order valence-electron chi connectivity index (χ2n) is 4.26. The van der Waals surface area contributed by atoms with E-state index in [9.17, 15) is 4.79 Å². The van der Waals surface area contributed by atoms with E-state index in [1.54, 1.807) is 6.08 Å². The quantitative estimate of drug-likeness (QED) is 0.438. The molecule has 2 aromatic rings. The first-order chi connectivity index (χ1) is 9.31. The molecule has 0 N–H and O–H groups in total. The maximum atomic E-state index is 12.0. The van der Waals surface area contributed by atoms with Gasteiger partial charge in [0.15, 0.2) is 5.78 Å². The molecule has 0 bridgehead atoms. The largest absolute Gasteiger partial charge is 0.289 e. The lowest BCUT2D eigenvalue weighted by Crippen LogP contribution is -1.93. The first-order valence-corrected chi connectivity index (χ1v) is 6.27. The lowest BCUT2D eigenvalue weighted by molar-refractivity contribution is 0.104.